The SMILES string of the molecule is CCC1CCC(N)C(c2ccc3c(c2)CCO3)C1. The minimum absolute atomic E-state index is 0.341. The summed E-state index contributed by atoms with van der Waals surface area (Å²) in [6.45, 7) is 3.14. The lowest BCUT2D eigenvalue weighted by Crippen LogP contribution is -2.34. The molecule has 98 valence electrons. The average molecular weight is 245 g/mol. The summed E-state index contributed by atoms with van der Waals surface area (Å²) in [5.41, 5.74) is 9.15. The van der Waals surface area contributed by atoms with E-state index >= 15 is 0 Å². The first-order chi connectivity index (χ1) is 8.78. The predicted octanol–water partition coefficient (Wildman–Crippen LogP) is 3.24. The van der Waals surface area contributed by atoms with Crippen LogP contribution in [0.15, 0.2) is 18.2 Å². The Balaban J connectivity index is 1.84. The molecule has 0 aromatic heterocycles. The van der Waals surface area contributed by atoms with E-state index in [1.54, 1.807) is 0 Å². The van der Waals surface area contributed by atoms with Gasteiger partial charge in [0.1, 0.15) is 5.75 Å². The van der Waals surface area contributed by atoms with Gasteiger partial charge in [-0.25, -0.2) is 0 Å². The minimum atomic E-state index is 0.341. The maximum Gasteiger partial charge on any atom is 0.122 e. The summed E-state index contributed by atoms with van der Waals surface area (Å²) in [6, 6.07) is 7.05. The topological polar surface area (TPSA) is 35.2 Å². The van der Waals surface area contributed by atoms with E-state index in [2.05, 4.69) is 25.1 Å². The monoisotopic (exact) mass is 245 g/mol. The maximum atomic E-state index is 6.34. The van der Waals surface area contributed by atoms with Crippen LogP contribution in [0.25, 0.3) is 0 Å². The molecule has 0 bridgehead atoms. The van der Waals surface area contributed by atoms with Gasteiger partial charge in [-0.1, -0.05) is 25.5 Å². The van der Waals surface area contributed by atoms with Gasteiger partial charge in [0.25, 0.3) is 0 Å². The van der Waals surface area contributed by atoms with E-state index in [9.17, 15) is 0 Å². The van der Waals surface area contributed by atoms with Crippen molar-refractivity contribution < 1.29 is 4.74 Å². The molecule has 3 rings (SSSR count). The standard InChI is InChI=1S/C16H23NO/c1-2-11-3-5-15(17)14(9-11)12-4-6-16-13(10-12)7-8-18-16/h4,6,10-11,14-15H,2-3,5,7-9,17H2,1H3. The smallest absolute Gasteiger partial charge is 0.122 e. The summed E-state index contributed by atoms with van der Waals surface area (Å²) in [4.78, 5) is 0. The van der Waals surface area contributed by atoms with E-state index in [4.69, 9.17) is 10.5 Å². The Morgan fingerprint density at radius 2 is 2.22 bits per heavy atom. The van der Waals surface area contributed by atoms with Crippen LogP contribution >= 0.6 is 0 Å². The Bertz CT molecular complexity index is 429. The molecule has 1 fully saturated rings. The molecule has 18 heavy (non-hydrogen) atoms. The van der Waals surface area contributed by atoms with Crippen LogP contribution in [0, 0.1) is 5.92 Å². The van der Waals surface area contributed by atoms with Crippen molar-refractivity contribution >= 4 is 0 Å². The van der Waals surface area contributed by atoms with Crippen molar-refractivity contribution in [1.82, 2.24) is 0 Å². The molecule has 2 aliphatic rings. The van der Waals surface area contributed by atoms with Gasteiger partial charge in [-0.05, 0) is 48.3 Å². The fraction of sp³-hybridized carbons (Fsp3) is 0.625. The van der Waals surface area contributed by atoms with Crippen molar-refractivity contribution in [2.24, 2.45) is 11.7 Å². The number of hydrogen-bond donors (Lipinski definition) is 1. The lowest BCUT2D eigenvalue weighted by atomic mass is 9.74. The molecule has 2 nitrogen and oxygen atoms in total. The summed E-state index contributed by atoms with van der Waals surface area (Å²) < 4.78 is 5.58. The zero-order valence-corrected chi connectivity index (χ0v) is 11.2. The van der Waals surface area contributed by atoms with Crippen molar-refractivity contribution in [2.75, 3.05) is 6.61 Å². The highest BCUT2D eigenvalue weighted by molar-refractivity contribution is 5.41. The van der Waals surface area contributed by atoms with Gasteiger partial charge in [-0.2, -0.15) is 0 Å². The number of hydrogen-bond acceptors (Lipinski definition) is 2. The maximum absolute atomic E-state index is 6.34. The second kappa shape index (κ2) is 4.93. The van der Waals surface area contributed by atoms with E-state index in [1.807, 2.05) is 0 Å². The molecule has 3 atom stereocenters. The second-order valence-corrected chi connectivity index (χ2v) is 5.82. The van der Waals surface area contributed by atoms with Gasteiger partial charge < -0.3 is 10.5 Å². The first-order valence-electron chi connectivity index (χ1n) is 7.29. The quantitative estimate of drug-likeness (QED) is 0.868. The summed E-state index contributed by atoms with van der Waals surface area (Å²) in [5, 5.41) is 0. The molecule has 1 aromatic carbocycles. The third-order valence-electron chi connectivity index (χ3n) is 4.73. The van der Waals surface area contributed by atoms with E-state index in [0.29, 0.717) is 12.0 Å². The van der Waals surface area contributed by atoms with E-state index in [1.165, 1.54) is 36.8 Å². The summed E-state index contributed by atoms with van der Waals surface area (Å²) in [7, 11) is 0. The van der Waals surface area contributed by atoms with Gasteiger partial charge in [0, 0.05) is 12.5 Å². The van der Waals surface area contributed by atoms with Crippen LogP contribution in [0.5, 0.6) is 5.75 Å². The molecule has 1 saturated carbocycles. The molecule has 2 heteroatoms. The summed E-state index contributed by atoms with van der Waals surface area (Å²) >= 11 is 0. The minimum Gasteiger partial charge on any atom is -0.493 e. The molecule has 3 unspecified atom stereocenters. The zero-order valence-electron chi connectivity index (χ0n) is 11.2. The molecule has 1 aromatic rings. The molecular weight excluding hydrogens is 222 g/mol. The van der Waals surface area contributed by atoms with Crippen LogP contribution < -0.4 is 10.5 Å². The largest absolute Gasteiger partial charge is 0.493 e. The number of benzene rings is 1. The highest BCUT2D eigenvalue weighted by Gasteiger charge is 2.29. The first kappa shape index (κ1) is 12.0. The lowest BCUT2D eigenvalue weighted by molar-refractivity contribution is 0.282. The number of rotatable bonds is 2. The third-order valence-corrected chi connectivity index (χ3v) is 4.73. The first-order valence-corrected chi connectivity index (χ1v) is 7.29. The Morgan fingerprint density at radius 3 is 3.06 bits per heavy atom. The molecule has 1 aliphatic heterocycles. The van der Waals surface area contributed by atoms with Gasteiger partial charge in [0.15, 0.2) is 0 Å². The molecule has 0 saturated heterocycles. The second-order valence-electron chi connectivity index (χ2n) is 5.82. The van der Waals surface area contributed by atoms with E-state index in [0.717, 1.165) is 24.7 Å². The van der Waals surface area contributed by atoms with E-state index in [-0.39, 0.29) is 0 Å². The molecular formula is C16H23NO. The van der Waals surface area contributed by atoms with Gasteiger partial charge >= 0.3 is 0 Å². The zero-order chi connectivity index (χ0) is 12.5. The number of ether oxygens (including phenoxy) is 1. The number of fused-ring (bicyclic) bond motifs is 1. The molecule has 0 spiro atoms. The van der Waals surface area contributed by atoms with Crippen LogP contribution in [0.2, 0.25) is 0 Å². The molecule has 0 radical (unpaired) electrons. The highest BCUT2D eigenvalue weighted by atomic mass is 16.5. The van der Waals surface area contributed by atoms with Crippen LogP contribution in [-0.2, 0) is 6.42 Å². The summed E-state index contributed by atoms with van der Waals surface area (Å²) in [6.07, 6.45) is 6.09. The molecule has 2 N–H and O–H groups in total. The van der Waals surface area contributed by atoms with Gasteiger partial charge in [-0.3, -0.25) is 0 Å². The van der Waals surface area contributed by atoms with Crippen molar-refractivity contribution in [2.45, 2.75) is 51.0 Å². The Morgan fingerprint density at radius 1 is 1.33 bits per heavy atom. The molecule has 0 amide bonds. The van der Waals surface area contributed by atoms with Crippen molar-refractivity contribution in [3.05, 3.63) is 29.3 Å². The summed E-state index contributed by atoms with van der Waals surface area (Å²) in [5.74, 6) is 2.49. The fourth-order valence-corrected chi connectivity index (χ4v) is 3.47. The van der Waals surface area contributed by atoms with Crippen LogP contribution in [0.1, 0.15) is 49.7 Å². The van der Waals surface area contributed by atoms with Crippen LogP contribution in [-0.4, -0.2) is 12.6 Å². The predicted molar refractivity (Wildman–Crippen MR) is 74.0 cm³/mol. The number of nitrogens with two attached hydrogens (primary N) is 1. The van der Waals surface area contributed by atoms with Gasteiger partial charge in [-0.15, -0.1) is 0 Å². The van der Waals surface area contributed by atoms with E-state index < -0.39 is 0 Å². The van der Waals surface area contributed by atoms with Crippen molar-refractivity contribution in [3.8, 4) is 5.75 Å². The van der Waals surface area contributed by atoms with Crippen molar-refractivity contribution in [3.63, 3.8) is 0 Å². The van der Waals surface area contributed by atoms with Crippen molar-refractivity contribution in [1.29, 1.82) is 0 Å². The molecule has 1 heterocycles. The molecule has 1 aliphatic carbocycles. The Hall–Kier alpha value is -1.02. The van der Waals surface area contributed by atoms with Crippen LogP contribution in [0.4, 0.5) is 0 Å². The van der Waals surface area contributed by atoms with Gasteiger partial charge in [0.2, 0.25) is 0 Å². The van der Waals surface area contributed by atoms with Gasteiger partial charge in [0.05, 0.1) is 6.61 Å². The average Bonchev–Trinajstić information content (AvgIpc) is 2.86. The van der Waals surface area contributed by atoms with Crippen LogP contribution in [0.3, 0.4) is 0 Å². The lowest BCUT2D eigenvalue weighted by Gasteiger charge is -2.34. The normalized spacial score (nSPS) is 30.9. The Labute approximate surface area is 110 Å². The highest BCUT2D eigenvalue weighted by Crippen LogP contribution is 2.38. The Kier molecular flexibility index (Phi) is 3.29. The fourth-order valence-electron chi connectivity index (χ4n) is 3.47. The third kappa shape index (κ3) is 2.14.